The van der Waals surface area contributed by atoms with E-state index in [2.05, 4.69) is 4.98 Å². The normalized spacial score (nSPS) is 23.2. The van der Waals surface area contributed by atoms with E-state index in [4.69, 9.17) is 5.73 Å². The third kappa shape index (κ3) is 1.96. The van der Waals surface area contributed by atoms with E-state index in [1.807, 2.05) is 17.7 Å². The van der Waals surface area contributed by atoms with Crippen LogP contribution in [0.5, 0.6) is 0 Å². The van der Waals surface area contributed by atoms with Crippen LogP contribution >= 0.6 is 0 Å². The summed E-state index contributed by atoms with van der Waals surface area (Å²) in [4.78, 5) is 4.22. The molecular formula is C11H17F2N3. The van der Waals surface area contributed by atoms with Crippen molar-refractivity contribution in [3.63, 3.8) is 0 Å². The van der Waals surface area contributed by atoms with Crippen molar-refractivity contribution in [1.82, 2.24) is 9.55 Å². The predicted molar refractivity (Wildman–Crippen MR) is 57.2 cm³/mol. The molecule has 16 heavy (non-hydrogen) atoms. The lowest BCUT2D eigenvalue weighted by atomic mass is 9.80. The number of alkyl halides is 2. The standard InChI is InChI=1S/C11H17F2N3/c1-2-16-8-7-15-9(16)10(14)3-5-11(12,13)6-4-10/h7-8H,2-6,14H2,1H3. The Hall–Kier alpha value is -0.970. The third-order valence-electron chi connectivity index (χ3n) is 3.38. The fourth-order valence-electron chi connectivity index (χ4n) is 2.28. The first-order valence-corrected chi connectivity index (χ1v) is 5.65. The van der Waals surface area contributed by atoms with Gasteiger partial charge in [0, 0.05) is 31.8 Å². The van der Waals surface area contributed by atoms with Gasteiger partial charge in [-0.3, -0.25) is 0 Å². The number of nitrogens with zero attached hydrogens (tertiary/aromatic N) is 2. The highest BCUT2D eigenvalue weighted by Crippen LogP contribution is 2.41. The lowest BCUT2D eigenvalue weighted by Crippen LogP contribution is -2.45. The van der Waals surface area contributed by atoms with Crippen LogP contribution in [-0.2, 0) is 12.1 Å². The van der Waals surface area contributed by atoms with E-state index < -0.39 is 11.5 Å². The Labute approximate surface area is 93.7 Å². The summed E-state index contributed by atoms with van der Waals surface area (Å²) in [7, 11) is 0. The lowest BCUT2D eigenvalue weighted by Gasteiger charge is -2.36. The van der Waals surface area contributed by atoms with Crippen LogP contribution in [0.25, 0.3) is 0 Å². The summed E-state index contributed by atoms with van der Waals surface area (Å²) in [5, 5.41) is 0. The van der Waals surface area contributed by atoms with E-state index in [0.717, 1.165) is 12.4 Å². The minimum absolute atomic E-state index is 0.139. The molecule has 3 nitrogen and oxygen atoms in total. The Morgan fingerprint density at radius 1 is 1.38 bits per heavy atom. The first-order chi connectivity index (χ1) is 7.47. The summed E-state index contributed by atoms with van der Waals surface area (Å²) < 4.78 is 28.1. The number of hydrogen-bond donors (Lipinski definition) is 1. The second-order valence-corrected chi connectivity index (χ2v) is 4.55. The molecule has 5 heteroatoms. The van der Waals surface area contributed by atoms with Crippen molar-refractivity contribution in [2.45, 2.75) is 50.6 Å². The van der Waals surface area contributed by atoms with Crippen molar-refractivity contribution in [2.75, 3.05) is 0 Å². The van der Waals surface area contributed by atoms with Gasteiger partial charge in [0.2, 0.25) is 5.92 Å². The minimum Gasteiger partial charge on any atom is -0.334 e. The molecule has 0 spiro atoms. The van der Waals surface area contributed by atoms with Gasteiger partial charge in [0.05, 0.1) is 5.54 Å². The van der Waals surface area contributed by atoms with Crippen LogP contribution in [0.2, 0.25) is 0 Å². The Morgan fingerprint density at radius 3 is 2.56 bits per heavy atom. The quantitative estimate of drug-likeness (QED) is 0.845. The van der Waals surface area contributed by atoms with Crippen LogP contribution in [0.15, 0.2) is 12.4 Å². The van der Waals surface area contributed by atoms with Gasteiger partial charge in [-0.25, -0.2) is 13.8 Å². The van der Waals surface area contributed by atoms with Crippen molar-refractivity contribution in [2.24, 2.45) is 5.73 Å². The number of aromatic nitrogens is 2. The SMILES string of the molecule is CCn1ccnc1C1(N)CCC(F)(F)CC1. The summed E-state index contributed by atoms with van der Waals surface area (Å²) in [6, 6.07) is 0. The second-order valence-electron chi connectivity index (χ2n) is 4.55. The Bertz CT molecular complexity index is 363. The molecule has 90 valence electrons. The van der Waals surface area contributed by atoms with E-state index in [9.17, 15) is 8.78 Å². The summed E-state index contributed by atoms with van der Waals surface area (Å²) in [6.07, 6.45) is 3.85. The van der Waals surface area contributed by atoms with Gasteiger partial charge < -0.3 is 10.3 Å². The van der Waals surface area contributed by atoms with Gasteiger partial charge in [-0.05, 0) is 19.8 Å². The average Bonchev–Trinajstić information content (AvgIpc) is 2.71. The Morgan fingerprint density at radius 2 is 2.00 bits per heavy atom. The molecule has 1 saturated carbocycles. The first-order valence-electron chi connectivity index (χ1n) is 5.65. The molecule has 0 bridgehead atoms. The van der Waals surface area contributed by atoms with Crippen LogP contribution in [0.3, 0.4) is 0 Å². The van der Waals surface area contributed by atoms with Crippen LogP contribution < -0.4 is 5.73 Å². The molecule has 1 fully saturated rings. The number of nitrogens with two attached hydrogens (primary N) is 1. The molecule has 0 aliphatic heterocycles. The molecule has 0 atom stereocenters. The number of hydrogen-bond acceptors (Lipinski definition) is 2. The molecule has 1 heterocycles. The van der Waals surface area contributed by atoms with Crippen LogP contribution in [-0.4, -0.2) is 15.5 Å². The molecule has 0 amide bonds. The molecule has 1 aromatic rings. The predicted octanol–water partition coefficient (Wildman–Crippen LogP) is 2.27. The largest absolute Gasteiger partial charge is 0.334 e. The monoisotopic (exact) mass is 229 g/mol. The number of rotatable bonds is 2. The molecule has 2 N–H and O–H groups in total. The van der Waals surface area contributed by atoms with Crippen LogP contribution in [0.4, 0.5) is 8.78 Å². The molecule has 0 saturated heterocycles. The molecule has 0 aromatic carbocycles. The molecule has 1 aromatic heterocycles. The maximum Gasteiger partial charge on any atom is 0.248 e. The van der Waals surface area contributed by atoms with Gasteiger partial charge in [-0.2, -0.15) is 0 Å². The number of aryl methyl sites for hydroxylation is 1. The van der Waals surface area contributed by atoms with Gasteiger partial charge in [0.1, 0.15) is 5.82 Å². The smallest absolute Gasteiger partial charge is 0.248 e. The van der Waals surface area contributed by atoms with Crippen molar-refractivity contribution >= 4 is 0 Å². The highest BCUT2D eigenvalue weighted by molar-refractivity contribution is 5.10. The van der Waals surface area contributed by atoms with Crippen molar-refractivity contribution in [3.05, 3.63) is 18.2 Å². The zero-order valence-corrected chi connectivity index (χ0v) is 9.42. The average molecular weight is 229 g/mol. The minimum atomic E-state index is -2.55. The van der Waals surface area contributed by atoms with Crippen LogP contribution in [0.1, 0.15) is 38.4 Å². The fourth-order valence-corrected chi connectivity index (χ4v) is 2.28. The maximum absolute atomic E-state index is 13.1. The molecule has 1 aliphatic rings. The molecular weight excluding hydrogens is 212 g/mol. The topological polar surface area (TPSA) is 43.8 Å². The molecule has 1 aliphatic carbocycles. The Kier molecular flexibility index (Phi) is 2.74. The highest BCUT2D eigenvalue weighted by Gasteiger charge is 2.43. The summed E-state index contributed by atoms with van der Waals surface area (Å²) in [5.74, 6) is -1.81. The third-order valence-corrected chi connectivity index (χ3v) is 3.38. The van der Waals surface area contributed by atoms with Gasteiger partial charge in [0.15, 0.2) is 0 Å². The van der Waals surface area contributed by atoms with Gasteiger partial charge in [-0.1, -0.05) is 0 Å². The lowest BCUT2D eigenvalue weighted by molar-refractivity contribution is -0.0528. The van der Waals surface area contributed by atoms with Crippen molar-refractivity contribution in [1.29, 1.82) is 0 Å². The van der Waals surface area contributed by atoms with Crippen molar-refractivity contribution in [3.8, 4) is 0 Å². The summed E-state index contributed by atoms with van der Waals surface area (Å²) in [6.45, 7) is 2.76. The number of imidazole rings is 1. The first kappa shape index (κ1) is 11.5. The van der Waals surface area contributed by atoms with E-state index in [1.54, 1.807) is 6.20 Å². The highest BCUT2D eigenvalue weighted by atomic mass is 19.3. The van der Waals surface area contributed by atoms with Crippen LogP contribution in [0, 0.1) is 0 Å². The van der Waals surface area contributed by atoms with Gasteiger partial charge >= 0.3 is 0 Å². The fraction of sp³-hybridized carbons (Fsp3) is 0.727. The van der Waals surface area contributed by atoms with E-state index in [-0.39, 0.29) is 12.8 Å². The van der Waals surface area contributed by atoms with E-state index in [1.165, 1.54) is 0 Å². The summed E-state index contributed by atoms with van der Waals surface area (Å²) >= 11 is 0. The zero-order chi connectivity index (χ0) is 11.8. The van der Waals surface area contributed by atoms with Gasteiger partial charge in [-0.15, -0.1) is 0 Å². The van der Waals surface area contributed by atoms with E-state index in [0.29, 0.717) is 12.8 Å². The number of halogens is 2. The second kappa shape index (κ2) is 3.80. The maximum atomic E-state index is 13.1. The zero-order valence-electron chi connectivity index (χ0n) is 9.42. The molecule has 0 radical (unpaired) electrons. The van der Waals surface area contributed by atoms with Crippen molar-refractivity contribution < 1.29 is 8.78 Å². The van der Waals surface area contributed by atoms with Gasteiger partial charge in [0.25, 0.3) is 0 Å². The Balaban J connectivity index is 2.21. The molecule has 0 unspecified atom stereocenters. The summed E-state index contributed by atoms with van der Waals surface area (Å²) in [5.41, 5.74) is 5.53. The van der Waals surface area contributed by atoms with E-state index >= 15 is 0 Å². The molecule has 2 rings (SSSR count).